The van der Waals surface area contributed by atoms with Crippen molar-refractivity contribution >= 4 is 22.1 Å². The van der Waals surface area contributed by atoms with Crippen LogP contribution in [0.25, 0.3) is 10.8 Å². The van der Waals surface area contributed by atoms with E-state index < -0.39 is 0 Å². The smallest absolute Gasteiger partial charge is 0.0518 e. The maximum absolute atomic E-state index is 5.96. The number of hydrogen-bond donors (Lipinski definition) is 2. The molecule has 2 aromatic rings. The number of nitrogens with two attached hydrogens (primary N) is 1. The van der Waals surface area contributed by atoms with Crippen LogP contribution in [0.1, 0.15) is 26.7 Å². The summed E-state index contributed by atoms with van der Waals surface area (Å²) in [4.78, 5) is 4.13. The number of unbranched alkanes of at least 4 members (excludes halogenated alkanes) is 1. The third-order valence-electron chi connectivity index (χ3n) is 3.19. The molecule has 0 spiro atoms. The third kappa shape index (κ3) is 3.84. The number of benzene rings is 1. The van der Waals surface area contributed by atoms with Crippen LogP contribution in [0.4, 0.5) is 11.4 Å². The Morgan fingerprint density at radius 1 is 1.20 bits per heavy atom. The first-order chi connectivity index (χ1) is 9.68. The number of anilines is 2. The molecule has 1 aromatic heterocycles. The molecule has 1 aromatic carbocycles. The number of rotatable bonds is 7. The van der Waals surface area contributed by atoms with E-state index in [0.717, 1.165) is 48.1 Å². The minimum Gasteiger partial charge on any atom is -0.398 e. The lowest BCUT2D eigenvalue weighted by molar-refractivity contribution is 0.0765. The Morgan fingerprint density at radius 2 is 2.05 bits per heavy atom. The molecule has 0 fully saturated rings. The fraction of sp³-hybridized carbons (Fsp3) is 0.438. The molecule has 0 aliphatic rings. The van der Waals surface area contributed by atoms with Crippen molar-refractivity contribution in [2.24, 2.45) is 0 Å². The van der Waals surface area contributed by atoms with Crippen LogP contribution in [0, 0.1) is 0 Å². The molecule has 0 amide bonds. The summed E-state index contributed by atoms with van der Waals surface area (Å²) < 4.78 is 5.53. The molecule has 0 unspecified atom stereocenters. The van der Waals surface area contributed by atoms with E-state index in [1.807, 2.05) is 24.4 Å². The van der Waals surface area contributed by atoms with Crippen LogP contribution < -0.4 is 11.1 Å². The summed E-state index contributed by atoms with van der Waals surface area (Å²) in [5, 5.41) is 5.59. The van der Waals surface area contributed by atoms with Gasteiger partial charge in [-0.3, -0.25) is 4.98 Å². The second kappa shape index (κ2) is 7.10. The monoisotopic (exact) mass is 273 g/mol. The van der Waals surface area contributed by atoms with Crippen LogP contribution >= 0.6 is 0 Å². The lowest BCUT2D eigenvalue weighted by Gasteiger charge is -2.11. The Kier molecular flexibility index (Phi) is 5.18. The maximum atomic E-state index is 5.96. The van der Waals surface area contributed by atoms with E-state index in [9.17, 15) is 0 Å². The summed E-state index contributed by atoms with van der Waals surface area (Å²) in [5.74, 6) is 0. The van der Waals surface area contributed by atoms with Crippen LogP contribution in [-0.2, 0) is 4.74 Å². The molecule has 0 aliphatic heterocycles. The van der Waals surface area contributed by atoms with Gasteiger partial charge in [-0.25, -0.2) is 0 Å². The van der Waals surface area contributed by atoms with E-state index in [-0.39, 0.29) is 0 Å². The van der Waals surface area contributed by atoms with Crippen molar-refractivity contribution in [1.29, 1.82) is 0 Å². The minimum atomic E-state index is 0.316. The molecule has 4 heteroatoms. The van der Waals surface area contributed by atoms with E-state index in [1.54, 1.807) is 6.20 Å². The van der Waals surface area contributed by atoms with Crippen LogP contribution in [0.3, 0.4) is 0 Å². The van der Waals surface area contributed by atoms with Gasteiger partial charge in [0.05, 0.1) is 6.10 Å². The molecule has 0 radical (unpaired) electrons. The van der Waals surface area contributed by atoms with Gasteiger partial charge in [-0.1, -0.05) is 0 Å². The van der Waals surface area contributed by atoms with Gasteiger partial charge in [0.25, 0.3) is 0 Å². The van der Waals surface area contributed by atoms with Gasteiger partial charge >= 0.3 is 0 Å². The standard InChI is InChI=1S/C16H23N3O/c1-12(2)20-10-4-3-8-19-16-6-5-15(17)14-11-18-9-7-13(14)16/h5-7,9,11-12,19H,3-4,8,10,17H2,1-2H3. The van der Waals surface area contributed by atoms with Crippen molar-refractivity contribution in [2.45, 2.75) is 32.8 Å². The van der Waals surface area contributed by atoms with Gasteiger partial charge in [0, 0.05) is 47.7 Å². The zero-order valence-corrected chi connectivity index (χ0v) is 12.2. The fourth-order valence-electron chi connectivity index (χ4n) is 2.14. The summed E-state index contributed by atoms with van der Waals surface area (Å²) in [6, 6.07) is 5.95. The molecule has 0 atom stereocenters. The number of fused-ring (bicyclic) bond motifs is 1. The van der Waals surface area contributed by atoms with Crippen LogP contribution in [0.5, 0.6) is 0 Å². The number of nitrogens with zero attached hydrogens (tertiary/aromatic N) is 1. The highest BCUT2D eigenvalue weighted by Crippen LogP contribution is 2.27. The van der Waals surface area contributed by atoms with Crippen molar-refractivity contribution in [2.75, 3.05) is 24.2 Å². The quantitative estimate of drug-likeness (QED) is 0.599. The Balaban J connectivity index is 1.89. The number of ether oxygens (including phenoxy) is 1. The molecule has 0 saturated carbocycles. The molecule has 20 heavy (non-hydrogen) atoms. The largest absolute Gasteiger partial charge is 0.398 e. The second-order valence-corrected chi connectivity index (χ2v) is 5.18. The van der Waals surface area contributed by atoms with Gasteiger partial charge in [0.2, 0.25) is 0 Å². The third-order valence-corrected chi connectivity index (χ3v) is 3.19. The lowest BCUT2D eigenvalue weighted by Crippen LogP contribution is -2.07. The number of nitrogens with one attached hydrogen (secondary N) is 1. The summed E-state index contributed by atoms with van der Waals surface area (Å²) in [6.07, 6.45) is 6.08. The van der Waals surface area contributed by atoms with E-state index in [4.69, 9.17) is 10.5 Å². The average molecular weight is 273 g/mol. The molecule has 0 aliphatic carbocycles. The first-order valence-electron chi connectivity index (χ1n) is 7.16. The Morgan fingerprint density at radius 3 is 2.85 bits per heavy atom. The van der Waals surface area contributed by atoms with Crippen molar-refractivity contribution < 1.29 is 4.74 Å². The van der Waals surface area contributed by atoms with E-state index in [0.29, 0.717) is 6.10 Å². The number of hydrogen-bond acceptors (Lipinski definition) is 4. The van der Waals surface area contributed by atoms with Crippen LogP contribution in [-0.4, -0.2) is 24.2 Å². The van der Waals surface area contributed by atoms with Gasteiger partial charge in [-0.05, 0) is 44.9 Å². The van der Waals surface area contributed by atoms with Crippen LogP contribution in [0.15, 0.2) is 30.6 Å². The topological polar surface area (TPSA) is 60.2 Å². The molecule has 108 valence electrons. The predicted molar refractivity (Wildman–Crippen MR) is 85.0 cm³/mol. The Labute approximate surface area is 120 Å². The van der Waals surface area contributed by atoms with E-state index in [1.165, 1.54) is 0 Å². The Hall–Kier alpha value is -1.81. The molecule has 0 bridgehead atoms. The molecular formula is C16H23N3O. The molecule has 3 N–H and O–H groups in total. The average Bonchev–Trinajstić information content (AvgIpc) is 2.45. The van der Waals surface area contributed by atoms with Crippen LogP contribution in [0.2, 0.25) is 0 Å². The summed E-state index contributed by atoms with van der Waals surface area (Å²) in [5.41, 5.74) is 7.84. The number of nitrogen functional groups attached to an aromatic ring is 1. The van der Waals surface area contributed by atoms with E-state index >= 15 is 0 Å². The molecule has 4 nitrogen and oxygen atoms in total. The molecular weight excluding hydrogens is 250 g/mol. The van der Waals surface area contributed by atoms with Gasteiger partial charge in [-0.15, -0.1) is 0 Å². The highest BCUT2D eigenvalue weighted by atomic mass is 16.5. The Bertz CT molecular complexity index is 554. The number of pyridine rings is 1. The van der Waals surface area contributed by atoms with Crippen molar-refractivity contribution in [3.63, 3.8) is 0 Å². The van der Waals surface area contributed by atoms with Crippen molar-refractivity contribution in [3.8, 4) is 0 Å². The summed E-state index contributed by atoms with van der Waals surface area (Å²) in [7, 11) is 0. The maximum Gasteiger partial charge on any atom is 0.0518 e. The molecule has 0 saturated heterocycles. The zero-order valence-electron chi connectivity index (χ0n) is 12.2. The fourth-order valence-corrected chi connectivity index (χ4v) is 2.14. The zero-order chi connectivity index (χ0) is 14.4. The normalized spacial score (nSPS) is 11.2. The summed E-state index contributed by atoms with van der Waals surface area (Å²) in [6.45, 7) is 5.88. The number of aromatic nitrogens is 1. The SMILES string of the molecule is CC(C)OCCCCNc1ccc(N)c2cnccc12. The predicted octanol–water partition coefficient (Wildman–Crippen LogP) is 3.43. The summed E-state index contributed by atoms with van der Waals surface area (Å²) >= 11 is 0. The highest BCUT2D eigenvalue weighted by molar-refractivity contribution is 6.00. The minimum absolute atomic E-state index is 0.316. The van der Waals surface area contributed by atoms with Gasteiger partial charge in [0.15, 0.2) is 0 Å². The highest BCUT2D eigenvalue weighted by Gasteiger charge is 2.03. The lowest BCUT2D eigenvalue weighted by atomic mass is 10.1. The van der Waals surface area contributed by atoms with Crippen molar-refractivity contribution in [3.05, 3.63) is 30.6 Å². The first-order valence-corrected chi connectivity index (χ1v) is 7.16. The van der Waals surface area contributed by atoms with Crippen molar-refractivity contribution in [1.82, 2.24) is 4.98 Å². The van der Waals surface area contributed by atoms with Gasteiger partial charge in [-0.2, -0.15) is 0 Å². The molecule has 1 heterocycles. The first kappa shape index (κ1) is 14.6. The van der Waals surface area contributed by atoms with Gasteiger partial charge in [0.1, 0.15) is 0 Å². The second-order valence-electron chi connectivity index (χ2n) is 5.18. The molecule has 2 rings (SSSR count). The van der Waals surface area contributed by atoms with Gasteiger partial charge < -0.3 is 15.8 Å². The van der Waals surface area contributed by atoms with E-state index in [2.05, 4.69) is 24.1 Å².